The lowest BCUT2D eigenvalue weighted by atomic mass is 10.1. The van der Waals surface area contributed by atoms with E-state index in [4.69, 9.17) is 0 Å². The average Bonchev–Trinajstić information content (AvgIpc) is 2.98. The Morgan fingerprint density at radius 3 is 2.48 bits per heavy atom. The van der Waals surface area contributed by atoms with Crippen molar-refractivity contribution in [3.8, 4) is 0 Å². The van der Waals surface area contributed by atoms with E-state index < -0.39 is 10.0 Å². The van der Waals surface area contributed by atoms with Gasteiger partial charge in [0, 0.05) is 35.4 Å². The smallest absolute Gasteiger partial charge is 0.258 e. The second-order valence-electron chi connectivity index (χ2n) is 6.24. The van der Waals surface area contributed by atoms with Crippen LogP contribution in [-0.4, -0.2) is 36.7 Å². The van der Waals surface area contributed by atoms with Crippen LogP contribution in [0.3, 0.4) is 0 Å². The molecule has 2 N–H and O–H groups in total. The fourth-order valence-corrected chi connectivity index (χ4v) is 4.71. The average molecular weight is 385 g/mol. The van der Waals surface area contributed by atoms with Crippen LogP contribution in [0.1, 0.15) is 29.9 Å². The summed E-state index contributed by atoms with van der Waals surface area (Å²) in [6, 6.07) is 13.9. The zero-order valence-corrected chi connectivity index (χ0v) is 16.4. The maximum atomic E-state index is 12.8. The molecule has 0 aliphatic carbocycles. The summed E-state index contributed by atoms with van der Waals surface area (Å²) in [5.41, 5.74) is 2.65. The van der Waals surface area contributed by atoms with Gasteiger partial charge in [-0.15, -0.1) is 0 Å². The molecule has 3 aromatic rings. The second kappa shape index (κ2) is 7.54. The van der Waals surface area contributed by atoms with Crippen LogP contribution in [0.25, 0.3) is 10.9 Å². The Labute approximate surface area is 159 Å². The van der Waals surface area contributed by atoms with Crippen LogP contribution in [0, 0.1) is 6.92 Å². The number of anilines is 1. The van der Waals surface area contributed by atoms with Crippen LogP contribution in [0.15, 0.2) is 53.4 Å². The van der Waals surface area contributed by atoms with Crippen molar-refractivity contribution in [1.82, 2.24) is 9.29 Å². The summed E-state index contributed by atoms with van der Waals surface area (Å²) < 4.78 is 26.8. The summed E-state index contributed by atoms with van der Waals surface area (Å²) in [5.74, 6) is -0.276. The first-order chi connectivity index (χ1) is 12.9. The highest BCUT2D eigenvalue weighted by molar-refractivity contribution is 7.89. The van der Waals surface area contributed by atoms with E-state index in [1.165, 1.54) is 10.4 Å². The van der Waals surface area contributed by atoms with Crippen LogP contribution in [-0.2, 0) is 10.0 Å². The van der Waals surface area contributed by atoms with Crippen molar-refractivity contribution in [3.05, 3.63) is 59.8 Å². The minimum absolute atomic E-state index is 0.166. The zero-order chi connectivity index (χ0) is 19.6. The molecule has 7 heteroatoms. The number of para-hydroxylation sites is 1. The number of nitrogens with zero attached hydrogens (tertiary/aromatic N) is 1. The lowest BCUT2D eigenvalue weighted by Crippen LogP contribution is -2.30. The molecule has 3 rings (SSSR count). The molecule has 0 unspecified atom stereocenters. The van der Waals surface area contributed by atoms with E-state index in [0.717, 1.165) is 16.6 Å². The molecule has 0 fully saturated rings. The maximum Gasteiger partial charge on any atom is 0.258 e. The number of rotatable bonds is 6. The molecule has 0 atom stereocenters. The third kappa shape index (κ3) is 3.61. The normalized spacial score (nSPS) is 11.9. The van der Waals surface area contributed by atoms with E-state index in [9.17, 15) is 13.2 Å². The molecule has 1 aromatic heterocycles. The van der Waals surface area contributed by atoms with Gasteiger partial charge < -0.3 is 10.3 Å². The van der Waals surface area contributed by atoms with Gasteiger partial charge in [0.1, 0.15) is 0 Å². The molecule has 0 saturated carbocycles. The molecule has 0 radical (unpaired) electrons. The summed E-state index contributed by atoms with van der Waals surface area (Å²) in [6.45, 7) is 6.23. The Kier molecular flexibility index (Phi) is 5.34. The second-order valence-corrected chi connectivity index (χ2v) is 8.18. The third-order valence-electron chi connectivity index (χ3n) is 4.56. The van der Waals surface area contributed by atoms with Gasteiger partial charge in [-0.05, 0) is 31.2 Å². The molecule has 6 nitrogen and oxygen atoms in total. The molecule has 1 heterocycles. The van der Waals surface area contributed by atoms with Crippen molar-refractivity contribution in [3.63, 3.8) is 0 Å². The van der Waals surface area contributed by atoms with Gasteiger partial charge in [-0.2, -0.15) is 4.31 Å². The molecule has 27 heavy (non-hydrogen) atoms. The van der Waals surface area contributed by atoms with Gasteiger partial charge in [-0.3, -0.25) is 4.79 Å². The largest absolute Gasteiger partial charge is 0.358 e. The standard InChI is InChI=1S/C20H23N3O3S/c1-4-23(5-2)27(25,26)16-10-8-9-15(13-16)22-20(24)19-14(3)21-18-12-7-6-11-17(18)19/h6-13,21H,4-5H2,1-3H3,(H,22,24). The van der Waals surface area contributed by atoms with Crippen molar-refractivity contribution < 1.29 is 13.2 Å². The van der Waals surface area contributed by atoms with E-state index in [1.807, 2.05) is 31.2 Å². The van der Waals surface area contributed by atoms with Crippen molar-refractivity contribution in [2.75, 3.05) is 18.4 Å². The Bertz CT molecular complexity index is 1080. The van der Waals surface area contributed by atoms with E-state index in [0.29, 0.717) is 24.3 Å². The van der Waals surface area contributed by atoms with E-state index >= 15 is 0 Å². The first-order valence-electron chi connectivity index (χ1n) is 8.87. The molecule has 2 aromatic carbocycles. The summed E-state index contributed by atoms with van der Waals surface area (Å²) >= 11 is 0. The number of hydrogen-bond donors (Lipinski definition) is 2. The molecule has 0 aliphatic heterocycles. The highest BCUT2D eigenvalue weighted by Gasteiger charge is 2.22. The summed E-state index contributed by atoms with van der Waals surface area (Å²) in [7, 11) is -3.58. The number of aromatic amines is 1. The number of aromatic nitrogens is 1. The fraction of sp³-hybridized carbons (Fsp3) is 0.250. The predicted octanol–water partition coefficient (Wildman–Crippen LogP) is 3.76. The number of carbonyl (C=O) groups is 1. The van der Waals surface area contributed by atoms with Crippen LogP contribution in [0.5, 0.6) is 0 Å². The topological polar surface area (TPSA) is 82.3 Å². The Balaban J connectivity index is 1.92. The van der Waals surface area contributed by atoms with Gasteiger partial charge >= 0.3 is 0 Å². The van der Waals surface area contributed by atoms with Crippen molar-refractivity contribution in [1.29, 1.82) is 0 Å². The number of carbonyl (C=O) groups excluding carboxylic acids is 1. The van der Waals surface area contributed by atoms with Gasteiger partial charge in [0.05, 0.1) is 10.5 Å². The lowest BCUT2D eigenvalue weighted by Gasteiger charge is -2.18. The monoisotopic (exact) mass is 385 g/mol. The maximum absolute atomic E-state index is 12.8. The summed E-state index contributed by atoms with van der Waals surface area (Å²) in [6.07, 6.45) is 0. The highest BCUT2D eigenvalue weighted by atomic mass is 32.2. The highest BCUT2D eigenvalue weighted by Crippen LogP contribution is 2.24. The molecule has 0 bridgehead atoms. The molecule has 142 valence electrons. The summed E-state index contributed by atoms with van der Waals surface area (Å²) in [4.78, 5) is 16.2. The van der Waals surface area contributed by atoms with Crippen LogP contribution >= 0.6 is 0 Å². The van der Waals surface area contributed by atoms with Gasteiger partial charge in [-0.25, -0.2) is 8.42 Å². The summed E-state index contributed by atoms with van der Waals surface area (Å²) in [5, 5.41) is 3.66. The first-order valence-corrected chi connectivity index (χ1v) is 10.3. The van der Waals surface area contributed by atoms with Crippen LogP contribution in [0.2, 0.25) is 0 Å². The molecular formula is C20H23N3O3S. The molecule has 0 saturated heterocycles. The number of nitrogens with one attached hydrogen (secondary N) is 2. The first kappa shape index (κ1) is 19.1. The molecule has 0 aliphatic rings. The third-order valence-corrected chi connectivity index (χ3v) is 6.60. The van der Waals surface area contributed by atoms with Crippen molar-refractivity contribution >= 4 is 32.5 Å². The van der Waals surface area contributed by atoms with Crippen molar-refractivity contribution in [2.24, 2.45) is 0 Å². The minimum Gasteiger partial charge on any atom is -0.358 e. The van der Waals surface area contributed by atoms with Gasteiger partial charge in [0.15, 0.2) is 0 Å². The lowest BCUT2D eigenvalue weighted by molar-refractivity contribution is 0.102. The van der Waals surface area contributed by atoms with Gasteiger partial charge in [0.2, 0.25) is 10.0 Å². The predicted molar refractivity (Wildman–Crippen MR) is 108 cm³/mol. The number of amides is 1. The number of sulfonamides is 1. The fourth-order valence-electron chi connectivity index (χ4n) is 3.21. The Hall–Kier alpha value is -2.64. The molecule has 1 amide bonds. The number of hydrogen-bond acceptors (Lipinski definition) is 3. The zero-order valence-electron chi connectivity index (χ0n) is 15.6. The van der Waals surface area contributed by atoms with E-state index in [2.05, 4.69) is 10.3 Å². The Morgan fingerprint density at radius 1 is 1.07 bits per heavy atom. The van der Waals surface area contributed by atoms with Gasteiger partial charge in [-0.1, -0.05) is 38.1 Å². The number of H-pyrrole nitrogens is 1. The van der Waals surface area contributed by atoms with Crippen LogP contribution in [0.4, 0.5) is 5.69 Å². The quantitative estimate of drug-likeness (QED) is 0.678. The Morgan fingerprint density at radius 2 is 1.78 bits per heavy atom. The number of benzene rings is 2. The van der Waals surface area contributed by atoms with Crippen LogP contribution < -0.4 is 5.32 Å². The van der Waals surface area contributed by atoms with Crippen molar-refractivity contribution in [2.45, 2.75) is 25.7 Å². The van der Waals surface area contributed by atoms with E-state index in [-0.39, 0.29) is 10.8 Å². The van der Waals surface area contributed by atoms with E-state index in [1.54, 1.807) is 32.0 Å². The number of fused-ring (bicyclic) bond motifs is 1. The SMILES string of the molecule is CCN(CC)S(=O)(=O)c1cccc(NC(=O)c2c(C)[nH]c3ccccc23)c1. The minimum atomic E-state index is -3.58. The molecular weight excluding hydrogens is 362 g/mol. The number of aryl methyl sites for hydroxylation is 1. The molecule has 0 spiro atoms. The van der Waals surface area contributed by atoms with Gasteiger partial charge in [0.25, 0.3) is 5.91 Å².